The van der Waals surface area contributed by atoms with Crippen molar-refractivity contribution in [3.8, 4) is 0 Å². The molecule has 1 rings (SSSR count). The van der Waals surface area contributed by atoms with Gasteiger partial charge in [-0.1, -0.05) is 6.08 Å². The van der Waals surface area contributed by atoms with Crippen molar-refractivity contribution < 1.29 is 114 Å². The van der Waals surface area contributed by atoms with Crippen LogP contribution in [0.25, 0.3) is 0 Å². The zero-order valence-corrected chi connectivity index (χ0v) is 37.0. The maximum Gasteiger partial charge on any atom is 1.00 e. The van der Waals surface area contributed by atoms with E-state index < -0.39 is 15.9 Å². The zero-order valence-electron chi connectivity index (χ0n) is 34.2. The molecular formula is C36H69NaO18S. The molecule has 1 heterocycles. The standard InChI is InChI=1S/C36H70O18S.Na/c1-4-7-50-30-34(31-51-32-35-33-53-36(2,3)54-35)52-28-27-49-26-25-48-24-23-47-22-21-46-20-19-45-18-17-44-16-15-43-14-13-42-12-11-41-10-9-40-8-5-6-29-55(37,38)39;/h4,34-35H,1,5-33H2,2-3H3,(H,37,38,39);/q;+1/p-1. The molecule has 2 unspecified atom stereocenters. The molecule has 2 atom stereocenters. The Kier molecular flexibility index (Phi) is 40.5. The van der Waals surface area contributed by atoms with Crippen LogP contribution in [0.1, 0.15) is 26.7 Å². The second-order valence-electron chi connectivity index (χ2n) is 12.4. The fraction of sp³-hybridized carbons (Fsp3) is 0.944. The molecule has 18 nitrogen and oxygen atoms in total. The Bertz CT molecular complexity index is 951. The maximum absolute atomic E-state index is 10.5. The third kappa shape index (κ3) is 40.8. The fourth-order valence-corrected chi connectivity index (χ4v) is 5.00. The minimum absolute atomic E-state index is 0. The SMILES string of the molecule is C=CCOCC(COCC1COC(C)(C)O1)OCCOCCOCCOCCOCCOCCOCCOCCOCCOCCOCCCCS(=O)(=O)[O-].[Na+]. The van der Waals surface area contributed by atoms with E-state index in [2.05, 4.69) is 6.58 Å². The smallest absolute Gasteiger partial charge is 0.748 e. The Morgan fingerprint density at radius 1 is 0.607 bits per heavy atom. The maximum atomic E-state index is 10.5. The van der Waals surface area contributed by atoms with E-state index in [0.29, 0.717) is 185 Å². The first kappa shape index (κ1) is 56.0. The van der Waals surface area contributed by atoms with Gasteiger partial charge in [0.25, 0.3) is 0 Å². The third-order valence-corrected chi connectivity index (χ3v) is 7.87. The molecular weight excluding hydrogens is 775 g/mol. The fourth-order valence-electron chi connectivity index (χ4n) is 4.44. The van der Waals surface area contributed by atoms with Crippen LogP contribution in [0.2, 0.25) is 0 Å². The van der Waals surface area contributed by atoms with Crippen molar-refractivity contribution in [3.05, 3.63) is 12.7 Å². The summed E-state index contributed by atoms with van der Waals surface area (Å²) >= 11 is 0. The van der Waals surface area contributed by atoms with Crippen molar-refractivity contribution in [2.75, 3.05) is 178 Å². The molecule has 0 aliphatic carbocycles. The molecule has 0 amide bonds. The molecule has 0 aromatic carbocycles. The van der Waals surface area contributed by atoms with Crippen molar-refractivity contribution >= 4 is 10.1 Å². The number of hydrogen-bond donors (Lipinski definition) is 0. The molecule has 56 heavy (non-hydrogen) atoms. The summed E-state index contributed by atoms with van der Waals surface area (Å²) in [5.41, 5.74) is 0. The minimum Gasteiger partial charge on any atom is -0.748 e. The number of rotatable bonds is 44. The summed E-state index contributed by atoms with van der Waals surface area (Å²) in [6, 6.07) is 0. The van der Waals surface area contributed by atoms with Crippen LogP contribution in [0.3, 0.4) is 0 Å². The monoisotopic (exact) mass is 844 g/mol. The van der Waals surface area contributed by atoms with Gasteiger partial charge in [0, 0.05) is 12.4 Å². The largest absolute Gasteiger partial charge is 1.00 e. The Morgan fingerprint density at radius 2 is 0.982 bits per heavy atom. The van der Waals surface area contributed by atoms with Gasteiger partial charge in [0.15, 0.2) is 5.79 Å². The summed E-state index contributed by atoms with van der Waals surface area (Å²) < 4.78 is 115. The van der Waals surface area contributed by atoms with Gasteiger partial charge < -0.3 is 75.6 Å². The van der Waals surface area contributed by atoms with E-state index in [0.717, 1.165) is 0 Å². The van der Waals surface area contributed by atoms with Crippen molar-refractivity contribution in [1.82, 2.24) is 0 Å². The summed E-state index contributed by atoms with van der Waals surface area (Å²) in [7, 11) is -4.14. The first-order valence-electron chi connectivity index (χ1n) is 19.1. The van der Waals surface area contributed by atoms with E-state index in [-0.39, 0.29) is 47.5 Å². The van der Waals surface area contributed by atoms with Crippen molar-refractivity contribution in [1.29, 1.82) is 0 Å². The van der Waals surface area contributed by atoms with Crippen LogP contribution in [0.4, 0.5) is 0 Å². The van der Waals surface area contributed by atoms with Gasteiger partial charge in [0.2, 0.25) is 0 Å². The van der Waals surface area contributed by atoms with Gasteiger partial charge in [0.1, 0.15) is 12.2 Å². The van der Waals surface area contributed by atoms with Crippen molar-refractivity contribution in [2.24, 2.45) is 0 Å². The van der Waals surface area contributed by atoms with Gasteiger partial charge in [-0.3, -0.25) is 0 Å². The predicted molar refractivity (Wildman–Crippen MR) is 198 cm³/mol. The summed E-state index contributed by atoms with van der Waals surface area (Å²) in [4.78, 5) is 0. The molecule has 1 aliphatic rings. The zero-order chi connectivity index (χ0) is 40.0. The molecule has 0 aromatic heterocycles. The summed E-state index contributed by atoms with van der Waals surface area (Å²) in [5, 5.41) is 0. The Balaban J connectivity index is 0.0000302. The molecule has 1 aliphatic heterocycles. The van der Waals surface area contributed by atoms with E-state index in [4.69, 9.17) is 71.1 Å². The Hall–Kier alpha value is 0.0500. The summed E-state index contributed by atoms with van der Waals surface area (Å²) in [6.45, 7) is 19.1. The first-order chi connectivity index (χ1) is 26.7. The molecule has 0 aromatic rings. The second-order valence-corrected chi connectivity index (χ2v) is 13.9. The average Bonchev–Trinajstić information content (AvgIpc) is 3.50. The van der Waals surface area contributed by atoms with Crippen LogP contribution < -0.4 is 29.6 Å². The third-order valence-electron chi connectivity index (χ3n) is 7.08. The number of unbranched alkanes of at least 4 members (excludes halogenated alkanes) is 1. The van der Waals surface area contributed by atoms with E-state index in [1.165, 1.54) is 0 Å². The molecule has 1 saturated heterocycles. The summed E-state index contributed by atoms with van der Waals surface area (Å²) in [6.07, 6.45) is 2.20. The second kappa shape index (κ2) is 40.5. The number of hydrogen-bond acceptors (Lipinski definition) is 18. The van der Waals surface area contributed by atoms with E-state index in [1.54, 1.807) is 6.08 Å². The van der Waals surface area contributed by atoms with Crippen molar-refractivity contribution in [2.45, 2.75) is 44.7 Å². The Labute approximate surface area is 357 Å². The first-order valence-corrected chi connectivity index (χ1v) is 20.7. The molecule has 20 heteroatoms. The molecule has 0 spiro atoms. The van der Waals surface area contributed by atoms with E-state index >= 15 is 0 Å². The molecule has 0 N–H and O–H groups in total. The van der Waals surface area contributed by atoms with Gasteiger partial charge in [-0.25, -0.2) is 8.42 Å². The van der Waals surface area contributed by atoms with Crippen LogP contribution >= 0.6 is 0 Å². The topological polar surface area (TPSA) is 196 Å². The van der Waals surface area contributed by atoms with Gasteiger partial charge in [-0.05, 0) is 26.7 Å². The number of ether oxygens (including phenoxy) is 15. The molecule has 328 valence electrons. The van der Waals surface area contributed by atoms with Gasteiger partial charge in [-0.15, -0.1) is 6.58 Å². The van der Waals surface area contributed by atoms with Crippen LogP contribution in [0, 0.1) is 0 Å². The van der Waals surface area contributed by atoms with Crippen LogP contribution in [-0.4, -0.2) is 208 Å². The van der Waals surface area contributed by atoms with Gasteiger partial charge >= 0.3 is 29.6 Å². The predicted octanol–water partition coefficient (Wildman–Crippen LogP) is -1.76. The van der Waals surface area contributed by atoms with Crippen molar-refractivity contribution in [3.63, 3.8) is 0 Å². The van der Waals surface area contributed by atoms with Crippen LogP contribution in [-0.2, 0) is 81.2 Å². The van der Waals surface area contributed by atoms with Gasteiger partial charge in [0.05, 0.1) is 175 Å². The minimum atomic E-state index is -4.14. The summed E-state index contributed by atoms with van der Waals surface area (Å²) in [5.74, 6) is -0.931. The van der Waals surface area contributed by atoms with E-state index in [9.17, 15) is 13.0 Å². The Morgan fingerprint density at radius 3 is 1.34 bits per heavy atom. The van der Waals surface area contributed by atoms with Crippen LogP contribution in [0.15, 0.2) is 12.7 Å². The normalized spacial score (nSPS) is 15.9. The quantitative estimate of drug-likeness (QED) is 0.0289. The molecule has 0 bridgehead atoms. The molecule has 0 saturated carbocycles. The van der Waals surface area contributed by atoms with Gasteiger partial charge in [-0.2, -0.15) is 0 Å². The average molecular weight is 845 g/mol. The van der Waals surface area contributed by atoms with E-state index in [1.807, 2.05) is 13.8 Å². The molecule has 0 radical (unpaired) electrons. The van der Waals surface area contributed by atoms with Crippen LogP contribution in [0.5, 0.6) is 0 Å². The molecule has 1 fully saturated rings.